The highest BCUT2D eigenvalue weighted by atomic mass is 19.1. The summed E-state index contributed by atoms with van der Waals surface area (Å²) in [7, 11) is 0. The molecule has 0 aliphatic heterocycles. The molecule has 3 rings (SSSR count). The van der Waals surface area contributed by atoms with E-state index in [1.807, 2.05) is 0 Å². The molecule has 1 N–H and O–H groups in total. The molecule has 0 amide bonds. The van der Waals surface area contributed by atoms with Crippen molar-refractivity contribution in [3.8, 4) is 5.75 Å². The SMILES string of the molecule is Oc1ccc2nc(Cc3ccccc3F)cn2c1. The highest BCUT2D eigenvalue weighted by molar-refractivity contribution is 5.43. The van der Waals surface area contributed by atoms with Gasteiger partial charge in [0.25, 0.3) is 0 Å². The Bertz CT molecular complexity index is 706. The molecule has 4 heteroatoms. The Morgan fingerprint density at radius 1 is 1.11 bits per heavy atom. The fraction of sp³-hybridized carbons (Fsp3) is 0.0714. The second-order valence-corrected chi connectivity index (χ2v) is 4.15. The van der Waals surface area contributed by atoms with Crippen LogP contribution in [0.2, 0.25) is 0 Å². The summed E-state index contributed by atoms with van der Waals surface area (Å²) in [6, 6.07) is 9.96. The van der Waals surface area contributed by atoms with E-state index in [1.54, 1.807) is 47.1 Å². The van der Waals surface area contributed by atoms with Gasteiger partial charge >= 0.3 is 0 Å². The maximum absolute atomic E-state index is 13.5. The highest BCUT2D eigenvalue weighted by Gasteiger charge is 2.06. The molecule has 0 radical (unpaired) electrons. The number of nitrogens with zero attached hydrogens (tertiary/aromatic N) is 2. The summed E-state index contributed by atoms with van der Waals surface area (Å²) in [4.78, 5) is 4.38. The second kappa shape index (κ2) is 4.14. The number of hydrogen-bond donors (Lipinski definition) is 1. The minimum absolute atomic E-state index is 0.178. The van der Waals surface area contributed by atoms with Crippen molar-refractivity contribution in [2.24, 2.45) is 0 Å². The number of benzene rings is 1. The summed E-state index contributed by atoms with van der Waals surface area (Å²) < 4.78 is 15.2. The third-order valence-corrected chi connectivity index (χ3v) is 2.81. The molecule has 1 aromatic carbocycles. The largest absolute Gasteiger partial charge is 0.506 e. The average molecular weight is 242 g/mol. The van der Waals surface area contributed by atoms with Crippen LogP contribution in [-0.4, -0.2) is 14.5 Å². The number of halogens is 1. The zero-order valence-electron chi connectivity index (χ0n) is 9.55. The van der Waals surface area contributed by atoms with Crippen molar-refractivity contribution in [2.75, 3.05) is 0 Å². The molecule has 3 aromatic rings. The van der Waals surface area contributed by atoms with E-state index in [-0.39, 0.29) is 11.6 Å². The van der Waals surface area contributed by atoms with Crippen molar-refractivity contribution in [2.45, 2.75) is 6.42 Å². The van der Waals surface area contributed by atoms with Gasteiger partial charge in [-0.15, -0.1) is 0 Å². The minimum atomic E-state index is -0.225. The molecule has 0 aliphatic rings. The van der Waals surface area contributed by atoms with Crippen molar-refractivity contribution in [3.63, 3.8) is 0 Å². The van der Waals surface area contributed by atoms with Crippen LogP contribution in [0, 0.1) is 5.82 Å². The smallest absolute Gasteiger partial charge is 0.137 e. The summed E-state index contributed by atoms with van der Waals surface area (Å²) in [5.41, 5.74) is 2.12. The fourth-order valence-corrected chi connectivity index (χ4v) is 1.95. The van der Waals surface area contributed by atoms with Gasteiger partial charge in [-0.1, -0.05) is 18.2 Å². The molecule has 0 bridgehead atoms. The predicted molar refractivity (Wildman–Crippen MR) is 66.1 cm³/mol. The van der Waals surface area contributed by atoms with E-state index in [0.29, 0.717) is 12.0 Å². The van der Waals surface area contributed by atoms with Crippen LogP contribution in [0.25, 0.3) is 5.65 Å². The monoisotopic (exact) mass is 242 g/mol. The lowest BCUT2D eigenvalue weighted by molar-refractivity contribution is 0.472. The van der Waals surface area contributed by atoms with E-state index in [1.165, 1.54) is 6.07 Å². The maximum Gasteiger partial charge on any atom is 0.137 e. The molecule has 0 spiro atoms. The first-order valence-corrected chi connectivity index (χ1v) is 5.62. The van der Waals surface area contributed by atoms with Crippen molar-refractivity contribution in [3.05, 3.63) is 65.9 Å². The van der Waals surface area contributed by atoms with Crippen LogP contribution in [0.1, 0.15) is 11.3 Å². The average Bonchev–Trinajstić information content (AvgIpc) is 2.73. The predicted octanol–water partition coefficient (Wildman–Crippen LogP) is 2.77. The number of hydrogen-bond acceptors (Lipinski definition) is 2. The summed E-state index contributed by atoms with van der Waals surface area (Å²) in [5, 5.41) is 9.36. The quantitative estimate of drug-likeness (QED) is 0.750. The van der Waals surface area contributed by atoms with Gasteiger partial charge in [0, 0.05) is 12.6 Å². The van der Waals surface area contributed by atoms with Crippen molar-refractivity contribution >= 4 is 5.65 Å². The summed E-state index contributed by atoms with van der Waals surface area (Å²) in [6.07, 6.45) is 3.81. The zero-order valence-corrected chi connectivity index (χ0v) is 9.55. The summed E-state index contributed by atoms with van der Waals surface area (Å²) in [6.45, 7) is 0. The van der Waals surface area contributed by atoms with Gasteiger partial charge in [0.15, 0.2) is 0 Å². The molecule has 3 nitrogen and oxygen atoms in total. The van der Waals surface area contributed by atoms with E-state index in [2.05, 4.69) is 4.98 Å². The summed E-state index contributed by atoms with van der Waals surface area (Å²) in [5.74, 6) is -0.0465. The third kappa shape index (κ3) is 1.93. The van der Waals surface area contributed by atoms with Gasteiger partial charge < -0.3 is 9.51 Å². The molecule has 2 heterocycles. The first-order valence-electron chi connectivity index (χ1n) is 5.62. The Morgan fingerprint density at radius 3 is 2.78 bits per heavy atom. The van der Waals surface area contributed by atoms with Crippen molar-refractivity contribution < 1.29 is 9.50 Å². The lowest BCUT2D eigenvalue weighted by atomic mass is 10.1. The van der Waals surface area contributed by atoms with Crippen LogP contribution in [0.4, 0.5) is 4.39 Å². The minimum Gasteiger partial charge on any atom is -0.506 e. The zero-order chi connectivity index (χ0) is 12.5. The second-order valence-electron chi connectivity index (χ2n) is 4.15. The molecular weight excluding hydrogens is 231 g/mol. The van der Waals surface area contributed by atoms with E-state index in [9.17, 15) is 9.50 Å². The first-order chi connectivity index (χ1) is 8.72. The van der Waals surface area contributed by atoms with E-state index in [4.69, 9.17) is 0 Å². The number of aromatic nitrogens is 2. The van der Waals surface area contributed by atoms with E-state index >= 15 is 0 Å². The summed E-state index contributed by atoms with van der Waals surface area (Å²) >= 11 is 0. The van der Waals surface area contributed by atoms with Gasteiger partial charge in [-0.3, -0.25) is 0 Å². The van der Waals surface area contributed by atoms with Crippen molar-refractivity contribution in [1.29, 1.82) is 0 Å². The molecule has 90 valence electrons. The fourth-order valence-electron chi connectivity index (χ4n) is 1.95. The Kier molecular flexibility index (Phi) is 2.48. The van der Waals surface area contributed by atoms with Gasteiger partial charge in [-0.25, -0.2) is 9.37 Å². The normalized spacial score (nSPS) is 10.9. The van der Waals surface area contributed by atoms with Gasteiger partial charge in [0.05, 0.1) is 11.9 Å². The molecule has 0 atom stereocenters. The number of fused-ring (bicyclic) bond motifs is 1. The van der Waals surface area contributed by atoms with Crippen LogP contribution in [0.3, 0.4) is 0 Å². The van der Waals surface area contributed by atoms with Crippen LogP contribution in [0.15, 0.2) is 48.8 Å². The van der Waals surface area contributed by atoms with Gasteiger partial charge in [-0.2, -0.15) is 0 Å². The van der Waals surface area contributed by atoms with Crippen LogP contribution in [0.5, 0.6) is 5.75 Å². The Labute approximate surface area is 103 Å². The molecule has 18 heavy (non-hydrogen) atoms. The highest BCUT2D eigenvalue weighted by Crippen LogP contribution is 2.15. The van der Waals surface area contributed by atoms with Gasteiger partial charge in [-0.05, 0) is 23.8 Å². The van der Waals surface area contributed by atoms with Crippen LogP contribution >= 0.6 is 0 Å². The molecular formula is C14H11FN2O. The first kappa shape index (κ1) is 10.8. The van der Waals surface area contributed by atoms with Crippen molar-refractivity contribution in [1.82, 2.24) is 9.38 Å². The van der Waals surface area contributed by atoms with Crippen LogP contribution in [-0.2, 0) is 6.42 Å². The third-order valence-electron chi connectivity index (χ3n) is 2.81. The molecule has 0 saturated heterocycles. The van der Waals surface area contributed by atoms with Gasteiger partial charge in [0.1, 0.15) is 17.2 Å². The van der Waals surface area contributed by atoms with Gasteiger partial charge in [0.2, 0.25) is 0 Å². The Morgan fingerprint density at radius 2 is 1.94 bits per heavy atom. The van der Waals surface area contributed by atoms with E-state index in [0.717, 1.165) is 11.3 Å². The molecule has 0 aliphatic carbocycles. The molecule has 2 aromatic heterocycles. The Balaban J connectivity index is 1.98. The number of rotatable bonds is 2. The maximum atomic E-state index is 13.5. The Hall–Kier alpha value is -2.36. The molecule has 0 saturated carbocycles. The lowest BCUT2D eigenvalue weighted by Gasteiger charge is -1.98. The molecule has 0 unspecified atom stereocenters. The molecule has 0 fully saturated rings. The number of imidazole rings is 1. The number of pyridine rings is 1. The topological polar surface area (TPSA) is 37.5 Å². The number of aromatic hydroxyl groups is 1. The standard InChI is InChI=1S/C14H11FN2O/c15-13-4-2-1-3-10(13)7-11-8-17-9-12(18)5-6-14(17)16-11/h1-6,8-9,18H,7H2. The van der Waals surface area contributed by atoms with Crippen LogP contribution < -0.4 is 0 Å². The lowest BCUT2D eigenvalue weighted by Crippen LogP contribution is -1.91. The van der Waals surface area contributed by atoms with E-state index < -0.39 is 0 Å².